The fourth-order valence-electron chi connectivity index (χ4n) is 4.48. The third-order valence-electron chi connectivity index (χ3n) is 6.71. The van der Waals surface area contributed by atoms with Crippen LogP contribution in [0.2, 0.25) is 0 Å². The normalized spacial score (nSPS) is 29.8. The number of rotatable bonds is 6. The summed E-state index contributed by atoms with van der Waals surface area (Å²) in [4.78, 5) is 21.1. The highest BCUT2D eigenvalue weighted by Gasteiger charge is 2.66. The summed E-state index contributed by atoms with van der Waals surface area (Å²) in [5.41, 5.74) is -2.96. The number of alkyl halides is 3. The van der Waals surface area contributed by atoms with E-state index in [9.17, 15) is 31.9 Å². The van der Waals surface area contributed by atoms with Gasteiger partial charge in [-0.2, -0.15) is 22.5 Å². The van der Waals surface area contributed by atoms with Crippen molar-refractivity contribution in [3.8, 4) is 11.8 Å². The SMILES string of the molecule is COc1c([C@H]2[C@H](C(=O)Nc3ccnc(O[C@H]4COC[C@H]4O)n3)O[C@@](C)(C(F)(F)F)[C@H]2C)ccc(F)c1F. The number of amides is 1. The van der Waals surface area contributed by atoms with Crippen LogP contribution < -0.4 is 14.8 Å². The molecule has 4 rings (SSSR count). The summed E-state index contributed by atoms with van der Waals surface area (Å²) in [6.45, 7) is 2.14. The van der Waals surface area contributed by atoms with E-state index in [1.54, 1.807) is 0 Å². The largest absolute Gasteiger partial charge is 0.493 e. The van der Waals surface area contributed by atoms with Crippen LogP contribution >= 0.6 is 0 Å². The molecule has 1 aromatic carbocycles. The number of carbonyl (C=O) groups is 1. The Morgan fingerprint density at radius 1 is 1.24 bits per heavy atom. The zero-order chi connectivity index (χ0) is 27.1. The number of anilines is 1. The van der Waals surface area contributed by atoms with Crippen LogP contribution in [0.5, 0.6) is 11.8 Å². The molecule has 2 fully saturated rings. The molecular formula is C23H24F5N3O6. The summed E-state index contributed by atoms with van der Waals surface area (Å²) in [5.74, 6) is -7.22. The average Bonchev–Trinajstić information content (AvgIpc) is 3.36. The molecule has 0 unspecified atom stereocenters. The molecule has 6 atom stereocenters. The number of nitrogens with one attached hydrogen (secondary N) is 1. The van der Waals surface area contributed by atoms with E-state index in [-0.39, 0.29) is 30.6 Å². The number of carbonyl (C=O) groups excluding carboxylic acids is 1. The number of aliphatic hydroxyl groups is 1. The Kier molecular flexibility index (Phi) is 7.27. The van der Waals surface area contributed by atoms with Gasteiger partial charge >= 0.3 is 12.2 Å². The predicted octanol–water partition coefficient (Wildman–Crippen LogP) is 2.98. The van der Waals surface area contributed by atoms with Gasteiger partial charge in [-0.05, 0) is 19.1 Å². The van der Waals surface area contributed by atoms with E-state index < -0.39 is 65.2 Å². The monoisotopic (exact) mass is 533 g/mol. The molecule has 202 valence electrons. The van der Waals surface area contributed by atoms with Gasteiger partial charge in [-0.15, -0.1) is 0 Å². The Bertz CT molecular complexity index is 1170. The minimum absolute atomic E-state index is 0.0606. The van der Waals surface area contributed by atoms with Crippen LogP contribution in [0, 0.1) is 17.6 Å². The molecule has 9 nitrogen and oxygen atoms in total. The van der Waals surface area contributed by atoms with E-state index >= 15 is 0 Å². The molecule has 0 spiro atoms. The molecule has 1 amide bonds. The molecule has 2 N–H and O–H groups in total. The van der Waals surface area contributed by atoms with E-state index in [0.29, 0.717) is 0 Å². The molecule has 2 aromatic rings. The number of hydrogen-bond donors (Lipinski definition) is 2. The summed E-state index contributed by atoms with van der Waals surface area (Å²) in [5, 5.41) is 12.2. The molecule has 2 saturated heterocycles. The Morgan fingerprint density at radius 2 is 1.97 bits per heavy atom. The Labute approximate surface area is 207 Å². The van der Waals surface area contributed by atoms with Gasteiger partial charge in [0.15, 0.2) is 23.3 Å². The molecule has 2 aliphatic rings. The van der Waals surface area contributed by atoms with Crippen molar-refractivity contribution in [3.05, 3.63) is 41.6 Å². The van der Waals surface area contributed by atoms with Crippen molar-refractivity contribution in [2.24, 2.45) is 5.92 Å². The molecule has 14 heteroatoms. The zero-order valence-corrected chi connectivity index (χ0v) is 19.9. The quantitative estimate of drug-likeness (QED) is 0.546. The summed E-state index contributed by atoms with van der Waals surface area (Å²) in [6.07, 6.45) is -7.12. The van der Waals surface area contributed by atoms with Crippen LogP contribution in [0.1, 0.15) is 25.3 Å². The van der Waals surface area contributed by atoms with Gasteiger partial charge in [0.2, 0.25) is 5.82 Å². The molecule has 0 saturated carbocycles. The first-order valence-corrected chi connectivity index (χ1v) is 11.2. The molecule has 0 aliphatic carbocycles. The maximum Gasteiger partial charge on any atom is 0.417 e. The van der Waals surface area contributed by atoms with Crippen molar-refractivity contribution in [1.82, 2.24) is 9.97 Å². The first kappa shape index (κ1) is 26.9. The van der Waals surface area contributed by atoms with E-state index in [1.807, 2.05) is 0 Å². The van der Waals surface area contributed by atoms with Gasteiger partial charge in [-0.1, -0.05) is 13.0 Å². The molecule has 0 radical (unpaired) electrons. The van der Waals surface area contributed by atoms with Crippen molar-refractivity contribution < 1.29 is 50.8 Å². The Hall–Kier alpha value is -3.10. The van der Waals surface area contributed by atoms with E-state index in [0.717, 1.165) is 26.2 Å². The molecular weight excluding hydrogens is 509 g/mol. The summed E-state index contributed by atoms with van der Waals surface area (Å²) >= 11 is 0. The smallest absolute Gasteiger partial charge is 0.417 e. The lowest BCUT2D eigenvalue weighted by Gasteiger charge is -2.32. The first-order valence-electron chi connectivity index (χ1n) is 11.2. The topological polar surface area (TPSA) is 112 Å². The van der Waals surface area contributed by atoms with Crippen LogP contribution in [0.25, 0.3) is 0 Å². The summed E-state index contributed by atoms with van der Waals surface area (Å²) in [7, 11) is 1.04. The molecule has 37 heavy (non-hydrogen) atoms. The van der Waals surface area contributed by atoms with Crippen LogP contribution in [0.3, 0.4) is 0 Å². The maximum atomic E-state index is 14.5. The third kappa shape index (κ3) is 4.92. The minimum Gasteiger partial charge on any atom is -0.493 e. The summed E-state index contributed by atoms with van der Waals surface area (Å²) < 4.78 is 91.3. The van der Waals surface area contributed by atoms with E-state index in [2.05, 4.69) is 15.3 Å². The number of benzene rings is 1. The second-order valence-corrected chi connectivity index (χ2v) is 8.92. The standard InChI is InChI=1S/C23H24F5N3O6/c1-10-16(11-4-5-12(24)17(25)18(11)34-3)19(37-22(10,2)23(26,27)28)20(33)30-15-6-7-29-21(31-15)36-14-9-35-8-13(14)32/h4-7,10,13-14,16,19,32H,8-9H2,1-3H3,(H,29,30,31,33)/t10-,13+,14-,16-,19+,22+/m0/s1. The second-order valence-electron chi connectivity index (χ2n) is 8.92. The lowest BCUT2D eigenvalue weighted by Crippen LogP contribution is -2.47. The number of aliphatic hydroxyl groups excluding tert-OH is 1. The van der Waals surface area contributed by atoms with Gasteiger partial charge < -0.3 is 29.4 Å². The van der Waals surface area contributed by atoms with Gasteiger partial charge in [-0.25, -0.2) is 9.37 Å². The second kappa shape index (κ2) is 9.99. The van der Waals surface area contributed by atoms with Crippen molar-refractivity contribution >= 4 is 11.7 Å². The summed E-state index contributed by atoms with van der Waals surface area (Å²) in [6, 6.07) is 2.86. The van der Waals surface area contributed by atoms with Crippen LogP contribution in [0.4, 0.5) is 27.8 Å². The fourth-order valence-corrected chi connectivity index (χ4v) is 4.48. The van der Waals surface area contributed by atoms with Crippen molar-refractivity contribution in [2.45, 2.75) is 49.9 Å². The number of halogens is 5. The van der Waals surface area contributed by atoms with Crippen molar-refractivity contribution in [3.63, 3.8) is 0 Å². The molecule has 3 heterocycles. The average molecular weight is 533 g/mol. The number of methoxy groups -OCH3 is 1. The third-order valence-corrected chi connectivity index (χ3v) is 6.71. The number of aromatic nitrogens is 2. The van der Waals surface area contributed by atoms with Gasteiger partial charge in [0, 0.05) is 23.6 Å². The Balaban J connectivity index is 1.66. The van der Waals surface area contributed by atoms with Crippen LogP contribution in [0.15, 0.2) is 24.4 Å². The Morgan fingerprint density at radius 3 is 2.59 bits per heavy atom. The number of ether oxygens (including phenoxy) is 4. The van der Waals surface area contributed by atoms with Crippen molar-refractivity contribution in [2.75, 3.05) is 25.6 Å². The number of hydrogen-bond acceptors (Lipinski definition) is 8. The van der Waals surface area contributed by atoms with E-state index in [4.69, 9.17) is 18.9 Å². The van der Waals surface area contributed by atoms with Crippen LogP contribution in [-0.4, -0.2) is 71.4 Å². The molecule has 2 aliphatic heterocycles. The van der Waals surface area contributed by atoms with E-state index in [1.165, 1.54) is 19.2 Å². The predicted molar refractivity (Wildman–Crippen MR) is 116 cm³/mol. The molecule has 1 aromatic heterocycles. The molecule has 0 bridgehead atoms. The van der Waals surface area contributed by atoms with Crippen molar-refractivity contribution in [1.29, 1.82) is 0 Å². The lowest BCUT2D eigenvalue weighted by atomic mass is 9.77. The fraction of sp³-hybridized carbons (Fsp3) is 0.522. The highest BCUT2D eigenvalue weighted by atomic mass is 19.4. The van der Waals surface area contributed by atoms with Gasteiger partial charge in [0.1, 0.15) is 18.0 Å². The lowest BCUT2D eigenvalue weighted by molar-refractivity contribution is -0.272. The number of nitrogens with zero attached hydrogens (tertiary/aromatic N) is 2. The van der Waals surface area contributed by atoms with Gasteiger partial charge in [0.05, 0.1) is 20.3 Å². The van der Waals surface area contributed by atoms with Crippen LogP contribution in [-0.2, 0) is 14.3 Å². The zero-order valence-electron chi connectivity index (χ0n) is 19.9. The highest BCUT2D eigenvalue weighted by molar-refractivity contribution is 5.94. The highest BCUT2D eigenvalue weighted by Crippen LogP contribution is 2.55. The maximum absolute atomic E-state index is 14.5. The first-order chi connectivity index (χ1) is 17.4. The van der Waals surface area contributed by atoms with Gasteiger partial charge in [-0.3, -0.25) is 4.79 Å². The van der Waals surface area contributed by atoms with Gasteiger partial charge in [0.25, 0.3) is 5.91 Å². The minimum atomic E-state index is -4.90.